The van der Waals surface area contributed by atoms with Gasteiger partial charge in [0.2, 0.25) is 5.91 Å². The summed E-state index contributed by atoms with van der Waals surface area (Å²) < 4.78 is 1.02. The Kier molecular flexibility index (Phi) is 7.34. The van der Waals surface area contributed by atoms with Gasteiger partial charge in [0.25, 0.3) is 0 Å². The van der Waals surface area contributed by atoms with Crippen molar-refractivity contribution in [2.24, 2.45) is 0 Å². The van der Waals surface area contributed by atoms with Gasteiger partial charge in [0.05, 0.1) is 11.5 Å². The number of likely N-dealkylation sites (N-methyl/N-ethyl adjacent to an activating group) is 1. The van der Waals surface area contributed by atoms with E-state index in [9.17, 15) is 4.79 Å². The van der Waals surface area contributed by atoms with Crippen LogP contribution in [0.4, 0.5) is 0 Å². The van der Waals surface area contributed by atoms with E-state index in [4.69, 9.17) is 11.6 Å². The van der Waals surface area contributed by atoms with Crippen LogP contribution in [0.5, 0.6) is 0 Å². The summed E-state index contributed by atoms with van der Waals surface area (Å²) in [5.74, 6) is 0.0832. The van der Waals surface area contributed by atoms with E-state index in [1.807, 2.05) is 66.7 Å². The summed E-state index contributed by atoms with van der Waals surface area (Å²) >= 11 is 9.69. The summed E-state index contributed by atoms with van der Waals surface area (Å²) in [4.78, 5) is 13.7. The highest BCUT2D eigenvalue weighted by Gasteiger charge is 2.43. The van der Waals surface area contributed by atoms with E-state index in [0.717, 1.165) is 52.7 Å². The lowest BCUT2D eigenvalue weighted by molar-refractivity contribution is -0.132. The third-order valence-corrected chi connectivity index (χ3v) is 7.28. The van der Waals surface area contributed by atoms with E-state index in [1.54, 1.807) is 0 Å². The van der Waals surface area contributed by atoms with Crippen LogP contribution < -0.4 is 5.43 Å². The molecule has 0 bridgehead atoms. The van der Waals surface area contributed by atoms with Crippen LogP contribution in [0.2, 0.25) is 5.02 Å². The van der Waals surface area contributed by atoms with Gasteiger partial charge in [-0.3, -0.25) is 10.2 Å². The second-order valence-corrected chi connectivity index (χ2v) is 9.96. The van der Waals surface area contributed by atoms with Gasteiger partial charge >= 0.3 is 0 Å². The maximum absolute atomic E-state index is 13.7. The lowest BCUT2D eigenvalue weighted by Gasteiger charge is -2.34. The molecule has 1 atom stereocenters. The first-order chi connectivity index (χ1) is 15.5. The first kappa shape index (κ1) is 23.0. The second kappa shape index (κ2) is 10.2. The fraction of sp³-hybridized carbons (Fsp3) is 0.296. The predicted molar refractivity (Wildman–Crippen MR) is 135 cm³/mol. The minimum atomic E-state index is -0.461. The Morgan fingerprint density at radius 1 is 1.03 bits per heavy atom. The standard InChI is InChI=1S/C27H28BrClN2O/c1-31(30-26(32)27(16-5-6-17-27)22-9-3-2-4-10-22)25(21-8-7-11-23(28)19-21)18-20-12-14-24(29)15-13-20/h2-4,7-15,19,25H,5-6,16-18H2,1H3,(H,30,32). The summed E-state index contributed by atoms with van der Waals surface area (Å²) in [5, 5.41) is 2.70. The van der Waals surface area contributed by atoms with E-state index in [0.29, 0.717) is 0 Å². The molecule has 166 valence electrons. The van der Waals surface area contributed by atoms with Gasteiger partial charge in [0.1, 0.15) is 0 Å². The molecule has 1 amide bonds. The Morgan fingerprint density at radius 3 is 2.38 bits per heavy atom. The Bertz CT molecular complexity index is 1050. The zero-order valence-electron chi connectivity index (χ0n) is 18.2. The average molecular weight is 512 g/mol. The molecule has 0 aromatic heterocycles. The molecule has 32 heavy (non-hydrogen) atoms. The Morgan fingerprint density at radius 2 is 1.72 bits per heavy atom. The smallest absolute Gasteiger partial charge is 0.244 e. The number of amides is 1. The zero-order chi connectivity index (χ0) is 22.6. The number of hydrogen-bond acceptors (Lipinski definition) is 2. The van der Waals surface area contributed by atoms with Crippen molar-refractivity contribution in [3.05, 3.63) is 105 Å². The molecule has 0 heterocycles. The maximum atomic E-state index is 13.7. The third-order valence-electron chi connectivity index (χ3n) is 6.54. The topological polar surface area (TPSA) is 32.3 Å². The molecule has 1 N–H and O–H groups in total. The van der Waals surface area contributed by atoms with Gasteiger partial charge in [-0.2, -0.15) is 0 Å². The number of hydrazine groups is 1. The number of rotatable bonds is 7. The summed E-state index contributed by atoms with van der Waals surface area (Å²) in [6.45, 7) is 0. The number of benzene rings is 3. The van der Waals surface area contributed by atoms with Crippen molar-refractivity contribution in [3.8, 4) is 0 Å². The molecule has 0 aliphatic heterocycles. The number of nitrogens with one attached hydrogen (secondary N) is 1. The molecule has 4 rings (SSSR count). The Hall–Kier alpha value is -2.14. The van der Waals surface area contributed by atoms with Gasteiger partial charge in [0, 0.05) is 16.5 Å². The summed E-state index contributed by atoms with van der Waals surface area (Å²) in [5.41, 5.74) is 6.22. The molecule has 0 saturated heterocycles. The van der Waals surface area contributed by atoms with Crippen molar-refractivity contribution in [2.75, 3.05) is 7.05 Å². The molecule has 1 aliphatic carbocycles. The van der Waals surface area contributed by atoms with Crippen molar-refractivity contribution in [1.29, 1.82) is 0 Å². The lowest BCUT2D eigenvalue weighted by Crippen LogP contribution is -2.50. The van der Waals surface area contributed by atoms with Crippen LogP contribution >= 0.6 is 27.5 Å². The molecular weight excluding hydrogens is 484 g/mol. The van der Waals surface area contributed by atoms with Crippen LogP contribution in [0.15, 0.2) is 83.3 Å². The van der Waals surface area contributed by atoms with Crippen molar-refractivity contribution in [3.63, 3.8) is 0 Å². The van der Waals surface area contributed by atoms with Gasteiger partial charge in [-0.1, -0.05) is 95.0 Å². The van der Waals surface area contributed by atoms with E-state index in [2.05, 4.69) is 45.6 Å². The monoisotopic (exact) mass is 510 g/mol. The normalized spacial score (nSPS) is 16.1. The highest BCUT2D eigenvalue weighted by molar-refractivity contribution is 9.10. The molecule has 0 radical (unpaired) electrons. The molecule has 0 spiro atoms. The Balaban J connectivity index is 1.61. The number of hydrogen-bond donors (Lipinski definition) is 1. The average Bonchev–Trinajstić information content (AvgIpc) is 3.30. The number of carbonyl (C=O) groups excluding carboxylic acids is 1. The van der Waals surface area contributed by atoms with Gasteiger partial charge < -0.3 is 0 Å². The van der Waals surface area contributed by atoms with Crippen molar-refractivity contribution >= 4 is 33.4 Å². The minimum absolute atomic E-state index is 0.0214. The van der Waals surface area contributed by atoms with E-state index < -0.39 is 5.41 Å². The maximum Gasteiger partial charge on any atom is 0.244 e. The number of carbonyl (C=O) groups is 1. The first-order valence-electron chi connectivity index (χ1n) is 11.1. The van der Waals surface area contributed by atoms with E-state index in [1.165, 1.54) is 5.56 Å². The predicted octanol–water partition coefficient (Wildman–Crippen LogP) is 6.86. The van der Waals surface area contributed by atoms with Crippen LogP contribution in [0.3, 0.4) is 0 Å². The molecule has 3 aromatic carbocycles. The number of nitrogens with zero attached hydrogens (tertiary/aromatic N) is 1. The second-order valence-electron chi connectivity index (χ2n) is 8.61. The van der Waals surface area contributed by atoms with Gasteiger partial charge in [0.15, 0.2) is 0 Å². The fourth-order valence-electron chi connectivity index (χ4n) is 4.76. The largest absolute Gasteiger partial charge is 0.288 e. The van der Waals surface area contributed by atoms with Crippen LogP contribution in [-0.2, 0) is 16.6 Å². The van der Waals surface area contributed by atoms with Gasteiger partial charge in [-0.25, -0.2) is 5.01 Å². The van der Waals surface area contributed by atoms with E-state index in [-0.39, 0.29) is 11.9 Å². The molecular formula is C27H28BrClN2O. The molecule has 1 aliphatic rings. The van der Waals surface area contributed by atoms with Crippen molar-refractivity contribution in [2.45, 2.75) is 43.6 Å². The van der Waals surface area contributed by atoms with Gasteiger partial charge in [-0.15, -0.1) is 0 Å². The molecule has 3 nitrogen and oxygen atoms in total. The highest BCUT2D eigenvalue weighted by atomic mass is 79.9. The lowest BCUT2D eigenvalue weighted by atomic mass is 9.78. The van der Waals surface area contributed by atoms with Crippen molar-refractivity contribution < 1.29 is 4.79 Å². The summed E-state index contributed by atoms with van der Waals surface area (Å²) in [7, 11) is 1.97. The molecule has 3 aromatic rings. The van der Waals surface area contributed by atoms with Crippen LogP contribution in [-0.4, -0.2) is 18.0 Å². The SMILES string of the molecule is CN(NC(=O)C1(c2ccccc2)CCCC1)C(Cc1ccc(Cl)cc1)c1cccc(Br)c1. The van der Waals surface area contributed by atoms with Crippen LogP contribution in [0.25, 0.3) is 0 Å². The summed E-state index contributed by atoms with van der Waals surface area (Å²) in [6.07, 6.45) is 4.67. The molecule has 1 saturated carbocycles. The summed E-state index contributed by atoms with van der Waals surface area (Å²) in [6, 6.07) is 26.4. The van der Waals surface area contributed by atoms with Crippen LogP contribution in [0, 0.1) is 0 Å². The Labute approximate surface area is 203 Å². The van der Waals surface area contributed by atoms with Crippen LogP contribution in [0.1, 0.15) is 48.4 Å². The third kappa shape index (κ3) is 5.09. The zero-order valence-corrected chi connectivity index (χ0v) is 20.6. The molecule has 5 heteroatoms. The first-order valence-corrected chi connectivity index (χ1v) is 12.2. The van der Waals surface area contributed by atoms with E-state index >= 15 is 0 Å². The molecule has 1 unspecified atom stereocenters. The minimum Gasteiger partial charge on any atom is -0.288 e. The fourth-order valence-corrected chi connectivity index (χ4v) is 5.31. The highest BCUT2D eigenvalue weighted by Crippen LogP contribution is 2.41. The molecule has 1 fully saturated rings. The van der Waals surface area contributed by atoms with Gasteiger partial charge in [-0.05, 0) is 60.2 Å². The van der Waals surface area contributed by atoms with Crippen molar-refractivity contribution in [1.82, 2.24) is 10.4 Å². The quantitative estimate of drug-likeness (QED) is 0.351. The number of halogens is 2.